The van der Waals surface area contributed by atoms with Gasteiger partial charge in [0.05, 0.1) is 0 Å². The molecule has 1 rings (SSSR count). The average molecular weight is 129 g/mol. The number of rotatable bonds is 0. The molecule has 1 radical (unpaired) electrons. The van der Waals surface area contributed by atoms with Crippen molar-refractivity contribution in [3.8, 4) is 0 Å². The maximum atomic E-state index is 4.44. The summed E-state index contributed by atoms with van der Waals surface area (Å²) in [6.07, 6.45) is 1.62. The molecular weight excluding hydrogens is 127 g/mol. The monoisotopic (exact) mass is 130 g/mol. The molecular formula is C2H2GeNO. The summed E-state index contributed by atoms with van der Waals surface area (Å²) >= 11 is -0.139. The molecule has 3 heteroatoms. The molecule has 1 heterocycles. The quantitative estimate of drug-likeness (QED) is 0.430. The fraction of sp³-hybridized carbons (Fsp3) is 0. The van der Waals surface area contributed by atoms with Crippen molar-refractivity contribution in [1.82, 2.24) is 0 Å². The molecule has 0 aromatic heterocycles. The van der Waals surface area contributed by atoms with E-state index in [1.807, 2.05) is 4.91 Å². The first-order chi connectivity index (χ1) is 2.50. The summed E-state index contributed by atoms with van der Waals surface area (Å²) in [5.41, 5.74) is 0. The molecule has 0 atom stereocenters. The van der Waals surface area contributed by atoms with Crippen molar-refractivity contribution in [2.45, 2.75) is 0 Å². The predicted molar refractivity (Wildman–Crippen MR) is 18.4 cm³/mol. The van der Waals surface area contributed by atoms with E-state index < -0.39 is 0 Å². The Hall–Kier alpha value is -0.117. The van der Waals surface area contributed by atoms with Gasteiger partial charge < -0.3 is 0 Å². The van der Waals surface area contributed by atoms with Gasteiger partial charge in [0.1, 0.15) is 0 Å². The first kappa shape index (κ1) is 3.09. The van der Waals surface area contributed by atoms with E-state index in [0.717, 1.165) is 0 Å². The molecule has 0 unspecified atom stereocenters. The van der Waals surface area contributed by atoms with Crippen LogP contribution < -0.4 is 0 Å². The number of hydrogen-bond acceptors (Lipinski definition) is 2. The SMILES string of the molecule is C1=[CH][Ge]=[N]O1. The molecule has 5 heavy (non-hydrogen) atoms. The second-order valence-electron chi connectivity index (χ2n) is 0.629. The molecule has 0 amide bonds. The van der Waals surface area contributed by atoms with E-state index in [0.29, 0.717) is 0 Å². The van der Waals surface area contributed by atoms with Crippen LogP contribution in [0.15, 0.2) is 15.2 Å². The summed E-state index contributed by atoms with van der Waals surface area (Å²) in [6.45, 7) is 0. The first-order valence-corrected chi connectivity index (χ1v) is 3.41. The Balaban J connectivity index is 2.61. The van der Waals surface area contributed by atoms with Gasteiger partial charge in [0.2, 0.25) is 0 Å². The minimum absolute atomic E-state index is 0.139. The first-order valence-electron chi connectivity index (χ1n) is 1.26. The summed E-state index contributed by atoms with van der Waals surface area (Å²) in [5.74, 6) is 0. The van der Waals surface area contributed by atoms with Crippen LogP contribution >= 0.6 is 0 Å². The van der Waals surface area contributed by atoms with Gasteiger partial charge in [-0.25, -0.2) is 0 Å². The summed E-state index contributed by atoms with van der Waals surface area (Å²) < 4.78 is 3.60. The van der Waals surface area contributed by atoms with Crippen LogP contribution in [0.25, 0.3) is 0 Å². The molecule has 0 aromatic rings. The Morgan fingerprint density at radius 2 is 2.80 bits per heavy atom. The predicted octanol–water partition coefficient (Wildman–Crippen LogP) is 0.291. The third-order valence-electron chi connectivity index (χ3n) is 0.309. The number of nitrogens with zero attached hydrogens (tertiary/aromatic N) is 1. The average Bonchev–Trinajstić information content (AvgIpc) is 1.76. The molecule has 0 aromatic carbocycles. The molecule has 25 valence electrons. The van der Waals surface area contributed by atoms with Crippen LogP contribution in [0, 0.1) is 0 Å². The zero-order chi connectivity index (χ0) is 3.54. The van der Waals surface area contributed by atoms with E-state index in [-0.39, 0.29) is 15.2 Å². The van der Waals surface area contributed by atoms with Gasteiger partial charge in [0.15, 0.2) is 0 Å². The molecule has 0 fully saturated rings. The molecule has 2 nitrogen and oxygen atoms in total. The molecule has 1 aliphatic rings. The second-order valence-corrected chi connectivity index (χ2v) is 2.25. The van der Waals surface area contributed by atoms with Crippen LogP contribution in [0.3, 0.4) is 0 Å². The second kappa shape index (κ2) is 1.35. The normalized spacial score (nSPS) is 16.0. The Kier molecular flexibility index (Phi) is 0.836. The van der Waals surface area contributed by atoms with Gasteiger partial charge in [-0.3, -0.25) is 0 Å². The van der Waals surface area contributed by atoms with Crippen molar-refractivity contribution in [1.29, 1.82) is 0 Å². The van der Waals surface area contributed by atoms with Crippen LogP contribution in [0.5, 0.6) is 0 Å². The van der Waals surface area contributed by atoms with Gasteiger partial charge in [-0.1, -0.05) is 0 Å². The van der Waals surface area contributed by atoms with Crippen molar-refractivity contribution in [3.05, 3.63) is 11.2 Å². The zero-order valence-electron chi connectivity index (χ0n) is 2.51. The minimum atomic E-state index is -0.139. The Morgan fingerprint density at radius 3 is 3.00 bits per heavy atom. The van der Waals surface area contributed by atoms with E-state index in [2.05, 4.69) is 8.90 Å². The third-order valence-corrected chi connectivity index (χ3v) is 1.35. The van der Waals surface area contributed by atoms with Gasteiger partial charge in [-0.2, -0.15) is 0 Å². The summed E-state index contributed by atoms with van der Waals surface area (Å²) in [4.78, 5) is 6.42. The van der Waals surface area contributed by atoms with Crippen LogP contribution in [-0.4, -0.2) is 15.2 Å². The summed E-state index contributed by atoms with van der Waals surface area (Å²) in [7, 11) is 0. The fourth-order valence-corrected chi connectivity index (χ4v) is 0.791. The van der Waals surface area contributed by atoms with Gasteiger partial charge in [-0.15, -0.1) is 0 Å². The molecule has 0 N–H and O–H groups in total. The molecule has 0 spiro atoms. The van der Waals surface area contributed by atoms with E-state index in [1.165, 1.54) is 0 Å². The van der Waals surface area contributed by atoms with E-state index in [9.17, 15) is 0 Å². The van der Waals surface area contributed by atoms with Crippen molar-refractivity contribution in [3.63, 3.8) is 0 Å². The van der Waals surface area contributed by atoms with E-state index >= 15 is 0 Å². The zero-order valence-corrected chi connectivity index (χ0v) is 4.61. The van der Waals surface area contributed by atoms with Gasteiger partial charge >= 0.3 is 35.3 Å². The Bertz CT molecular complexity index is 67.7. The van der Waals surface area contributed by atoms with Crippen molar-refractivity contribution >= 4 is 15.2 Å². The molecule has 0 saturated heterocycles. The summed E-state index contributed by atoms with van der Waals surface area (Å²) in [5, 5.41) is 0. The van der Waals surface area contributed by atoms with Crippen molar-refractivity contribution < 1.29 is 4.84 Å². The van der Waals surface area contributed by atoms with E-state index in [1.54, 1.807) is 6.26 Å². The standard InChI is InChI=1S/C2H2GeNO/c1-2-5-4-3-1/h1-2H. The maximum absolute atomic E-state index is 4.44. The van der Waals surface area contributed by atoms with Crippen LogP contribution in [0.2, 0.25) is 0 Å². The molecule has 1 aliphatic heterocycles. The topological polar surface area (TPSA) is 21.6 Å². The van der Waals surface area contributed by atoms with Crippen LogP contribution in [-0.2, 0) is 4.84 Å². The van der Waals surface area contributed by atoms with Gasteiger partial charge in [-0.05, 0) is 0 Å². The third kappa shape index (κ3) is 0.577. The number of hydrogen-bond donors (Lipinski definition) is 0. The molecule has 0 bridgehead atoms. The van der Waals surface area contributed by atoms with Crippen molar-refractivity contribution in [2.75, 3.05) is 0 Å². The van der Waals surface area contributed by atoms with E-state index in [4.69, 9.17) is 0 Å². The molecule has 0 aliphatic carbocycles. The van der Waals surface area contributed by atoms with Crippen LogP contribution in [0.1, 0.15) is 0 Å². The van der Waals surface area contributed by atoms with Gasteiger partial charge in [0, 0.05) is 0 Å². The summed E-state index contributed by atoms with van der Waals surface area (Å²) in [6, 6.07) is 0. The molecule has 0 saturated carbocycles. The Labute approximate surface area is 36.1 Å². The fourth-order valence-electron chi connectivity index (χ4n) is 0.152. The van der Waals surface area contributed by atoms with Crippen LogP contribution in [0.4, 0.5) is 0 Å². The Morgan fingerprint density at radius 1 is 1.80 bits per heavy atom. The van der Waals surface area contributed by atoms with Crippen molar-refractivity contribution in [2.24, 2.45) is 4.06 Å². The van der Waals surface area contributed by atoms with Gasteiger partial charge in [0.25, 0.3) is 0 Å².